The molecule has 0 aliphatic carbocycles. The van der Waals surface area contributed by atoms with Gasteiger partial charge in [-0.15, -0.1) is 0 Å². The average Bonchev–Trinajstić information content (AvgIpc) is 2.34. The van der Waals surface area contributed by atoms with Gasteiger partial charge >= 0.3 is 0 Å². The number of rotatable bonds is 3. The van der Waals surface area contributed by atoms with Crippen molar-refractivity contribution in [3.8, 4) is 5.75 Å². The summed E-state index contributed by atoms with van der Waals surface area (Å²) in [5.74, 6) is -0.362. The van der Waals surface area contributed by atoms with Crippen molar-refractivity contribution in [1.29, 1.82) is 0 Å². The zero-order valence-corrected chi connectivity index (χ0v) is 9.85. The van der Waals surface area contributed by atoms with Crippen LogP contribution in [0.5, 0.6) is 5.75 Å². The normalized spacial score (nSPS) is 10.3. The molecule has 0 bridgehead atoms. The van der Waals surface area contributed by atoms with E-state index in [0.29, 0.717) is 5.56 Å². The van der Waals surface area contributed by atoms with Gasteiger partial charge in [-0.2, -0.15) is 0 Å². The second-order valence-electron chi connectivity index (χ2n) is 3.99. The summed E-state index contributed by atoms with van der Waals surface area (Å²) in [6.07, 6.45) is 1.64. The maximum atomic E-state index is 13.0. The SMILES string of the molecule is Cn1cc(NCc2cc(F)ccc2O)ccc1=O. The Hall–Kier alpha value is -2.30. The lowest BCUT2D eigenvalue weighted by atomic mass is 10.2. The van der Waals surface area contributed by atoms with E-state index in [1.54, 1.807) is 19.3 Å². The molecule has 1 heterocycles. The van der Waals surface area contributed by atoms with E-state index in [1.807, 2.05) is 0 Å². The molecule has 0 saturated heterocycles. The van der Waals surface area contributed by atoms with Crippen molar-refractivity contribution in [2.24, 2.45) is 7.05 Å². The summed E-state index contributed by atoms with van der Waals surface area (Å²) >= 11 is 0. The van der Waals surface area contributed by atoms with Gasteiger partial charge in [-0.05, 0) is 24.3 Å². The topological polar surface area (TPSA) is 54.3 Å². The first-order chi connectivity index (χ1) is 8.56. The molecule has 0 atom stereocenters. The molecule has 0 aliphatic rings. The summed E-state index contributed by atoms with van der Waals surface area (Å²) in [6, 6.07) is 6.86. The fourth-order valence-corrected chi connectivity index (χ4v) is 1.59. The maximum Gasteiger partial charge on any atom is 0.250 e. The van der Waals surface area contributed by atoms with Gasteiger partial charge in [0.1, 0.15) is 11.6 Å². The molecule has 0 aliphatic heterocycles. The first kappa shape index (κ1) is 12.2. The van der Waals surface area contributed by atoms with Gasteiger partial charge in [-0.25, -0.2) is 4.39 Å². The van der Waals surface area contributed by atoms with Crippen LogP contribution < -0.4 is 10.9 Å². The number of hydrogen-bond acceptors (Lipinski definition) is 3. The Morgan fingerprint density at radius 3 is 2.83 bits per heavy atom. The molecule has 5 heteroatoms. The minimum atomic E-state index is -0.398. The van der Waals surface area contributed by atoms with E-state index in [0.717, 1.165) is 5.69 Å². The predicted octanol–water partition coefficient (Wildman–Crippen LogP) is 1.84. The number of aromatic nitrogens is 1. The Labute approximate surface area is 103 Å². The molecule has 94 valence electrons. The van der Waals surface area contributed by atoms with E-state index in [4.69, 9.17) is 0 Å². The first-order valence-corrected chi connectivity index (χ1v) is 5.44. The Balaban J connectivity index is 2.13. The molecule has 0 saturated carbocycles. The molecule has 2 aromatic rings. The number of aryl methyl sites for hydroxylation is 1. The van der Waals surface area contributed by atoms with Crippen molar-refractivity contribution in [2.45, 2.75) is 6.54 Å². The third-order valence-electron chi connectivity index (χ3n) is 2.61. The third kappa shape index (κ3) is 2.68. The van der Waals surface area contributed by atoms with Gasteiger partial charge in [0.15, 0.2) is 0 Å². The summed E-state index contributed by atoms with van der Waals surface area (Å²) in [5.41, 5.74) is 1.08. The van der Waals surface area contributed by atoms with Gasteiger partial charge < -0.3 is 15.0 Å². The molecule has 1 aromatic carbocycles. The van der Waals surface area contributed by atoms with Crippen LogP contribution in [0.4, 0.5) is 10.1 Å². The summed E-state index contributed by atoms with van der Waals surface area (Å²) < 4.78 is 14.4. The van der Waals surface area contributed by atoms with Crippen LogP contribution in [0.25, 0.3) is 0 Å². The molecule has 0 radical (unpaired) electrons. The van der Waals surface area contributed by atoms with Crippen molar-refractivity contribution in [1.82, 2.24) is 4.57 Å². The number of anilines is 1. The number of phenolic OH excluding ortho intramolecular Hbond substituents is 1. The summed E-state index contributed by atoms with van der Waals surface area (Å²) in [5, 5.41) is 12.6. The lowest BCUT2D eigenvalue weighted by molar-refractivity contribution is 0.466. The van der Waals surface area contributed by atoms with Crippen LogP contribution in [-0.2, 0) is 13.6 Å². The fraction of sp³-hybridized carbons (Fsp3) is 0.154. The van der Waals surface area contributed by atoms with E-state index >= 15 is 0 Å². The Morgan fingerprint density at radius 2 is 2.11 bits per heavy atom. The second kappa shape index (κ2) is 4.91. The number of nitrogens with one attached hydrogen (secondary N) is 1. The number of phenols is 1. The van der Waals surface area contributed by atoms with Crippen molar-refractivity contribution in [3.63, 3.8) is 0 Å². The maximum absolute atomic E-state index is 13.0. The summed E-state index contributed by atoms with van der Waals surface area (Å²) in [7, 11) is 1.65. The molecule has 2 rings (SSSR count). The number of halogens is 1. The number of benzene rings is 1. The lowest BCUT2D eigenvalue weighted by Gasteiger charge is -2.09. The van der Waals surface area contributed by atoms with Crippen LogP contribution in [0.3, 0.4) is 0 Å². The standard InChI is InChI=1S/C13H13FN2O2/c1-16-8-11(3-5-13(16)18)15-7-9-6-10(14)2-4-12(9)17/h2-6,8,15,17H,7H2,1H3. The van der Waals surface area contributed by atoms with Gasteiger partial charge in [0.2, 0.25) is 5.56 Å². The summed E-state index contributed by atoms with van der Waals surface area (Å²) in [6.45, 7) is 0.280. The minimum Gasteiger partial charge on any atom is -0.508 e. The monoisotopic (exact) mass is 248 g/mol. The minimum absolute atomic E-state index is 0.0359. The molecular weight excluding hydrogens is 235 g/mol. The van der Waals surface area contributed by atoms with Gasteiger partial charge in [-0.3, -0.25) is 4.79 Å². The van der Waals surface area contributed by atoms with E-state index in [-0.39, 0.29) is 17.9 Å². The van der Waals surface area contributed by atoms with Crippen LogP contribution in [0.1, 0.15) is 5.56 Å². The predicted molar refractivity (Wildman–Crippen MR) is 67.1 cm³/mol. The number of pyridine rings is 1. The van der Waals surface area contributed by atoms with Crippen LogP contribution in [0.15, 0.2) is 41.3 Å². The molecule has 2 N–H and O–H groups in total. The smallest absolute Gasteiger partial charge is 0.250 e. The zero-order chi connectivity index (χ0) is 13.1. The highest BCUT2D eigenvalue weighted by molar-refractivity contribution is 5.43. The molecule has 0 fully saturated rings. The third-order valence-corrected chi connectivity index (χ3v) is 2.61. The number of nitrogens with zero attached hydrogens (tertiary/aromatic N) is 1. The van der Waals surface area contributed by atoms with Crippen LogP contribution in [0, 0.1) is 5.82 Å². The van der Waals surface area contributed by atoms with Gasteiger partial charge in [0, 0.05) is 31.4 Å². The molecule has 0 spiro atoms. The zero-order valence-electron chi connectivity index (χ0n) is 9.85. The number of hydrogen-bond donors (Lipinski definition) is 2. The average molecular weight is 248 g/mol. The molecular formula is C13H13FN2O2. The van der Waals surface area contributed by atoms with Crippen molar-refractivity contribution < 1.29 is 9.50 Å². The van der Waals surface area contributed by atoms with Crippen LogP contribution in [-0.4, -0.2) is 9.67 Å². The van der Waals surface area contributed by atoms with Crippen molar-refractivity contribution in [2.75, 3.05) is 5.32 Å². The molecule has 1 aromatic heterocycles. The van der Waals surface area contributed by atoms with E-state index in [9.17, 15) is 14.3 Å². The van der Waals surface area contributed by atoms with E-state index in [1.165, 1.54) is 28.8 Å². The van der Waals surface area contributed by atoms with Gasteiger partial charge in [0.25, 0.3) is 0 Å². The molecule has 18 heavy (non-hydrogen) atoms. The Morgan fingerprint density at radius 1 is 1.33 bits per heavy atom. The molecule has 4 nitrogen and oxygen atoms in total. The van der Waals surface area contributed by atoms with Crippen molar-refractivity contribution >= 4 is 5.69 Å². The second-order valence-corrected chi connectivity index (χ2v) is 3.99. The first-order valence-electron chi connectivity index (χ1n) is 5.44. The van der Waals surface area contributed by atoms with E-state index < -0.39 is 5.82 Å². The van der Waals surface area contributed by atoms with Crippen LogP contribution >= 0.6 is 0 Å². The highest BCUT2D eigenvalue weighted by Crippen LogP contribution is 2.19. The number of aromatic hydroxyl groups is 1. The molecule has 0 unspecified atom stereocenters. The Kier molecular flexibility index (Phi) is 3.32. The highest BCUT2D eigenvalue weighted by atomic mass is 19.1. The lowest BCUT2D eigenvalue weighted by Crippen LogP contribution is -2.15. The molecule has 0 amide bonds. The van der Waals surface area contributed by atoms with Gasteiger partial charge in [-0.1, -0.05) is 0 Å². The fourth-order valence-electron chi connectivity index (χ4n) is 1.59. The highest BCUT2D eigenvalue weighted by Gasteiger charge is 2.03. The van der Waals surface area contributed by atoms with E-state index in [2.05, 4.69) is 5.32 Å². The van der Waals surface area contributed by atoms with Crippen molar-refractivity contribution in [3.05, 3.63) is 58.3 Å². The quantitative estimate of drug-likeness (QED) is 0.871. The Bertz CT molecular complexity index is 623. The largest absolute Gasteiger partial charge is 0.508 e. The van der Waals surface area contributed by atoms with Crippen LogP contribution in [0.2, 0.25) is 0 Å². The van der Waals surface area contributed by atoms with Gasteiger partial charge in [0.05, 0.1) is 5.69 Å². The summed E-state index contributed by atoms with van der Waals surface area (Å²) in [4.78, 5) is 11.2.